The summed E-state index contributed by atoms with van der Waals surface area (Å²) in [6.45, 7) is 7.91. The summed E-state index contributed by atoms with van der Waals surface area (Å²) in [5.74, 6) is 0.519. The number of nitrogens with zero attached hydrogens (tertiary/aromatic N) is 2. The minimum Gasteiger partial charge on any atom is -0.497 e. The first kappa shape index (κ1) is 31.5. The van der Waals surface area contributed by atoms with Crippen LogP contribution in [0.4, 0.5) is 5.69 Å². The van der Waals surface area contributed by atoms with E-state index < -0.39 is 28.5 Å². The third-order valence-electron chi connectivity index (χ3n) is 6.38. The number of nitrogens with one attached hydrogen (secondary N) is 1. The minimum absolute atomic E-state index is 0.0136. The van der Waals surface area contributed by atoms with Gasteiger partial charge >= 0.3 is 0 Å². The SMILES string of the molecule is CCOc1ccc(S(=O)(=O)N(CC(=O)N(Cc2cccc(OC)c2)[C@@H](C)C(=O)NCC(C)C)c2ccccc2)cc1. The van der Waals surface area contributed by atoms with Crippen molar-refractivity contribution in [3.8, 4) is 11.5 Å². The number of methoxy groups -OCH3 is 1. The second kappa shape index (κ2) is 14.5. The van der Waals surface area contributed by atoms with Crippen LogP contribution in [0.2, 0.25) is 0 Å². The number of ether oxygens (including phenoxy) is 2. The van der Waals surface area contributed by atoms with Crippen molar-refractivity contribution in [2.75, 3.05) is 31.1 Å². The Morgan fingerprint density at radius 2 is 1.59 bits per heavy atom. The fourth-order valence-electron chi connectivity index (χ4n) is 4.13. The van der Waals surface area contributed by atoms with Crippen molar-refractivity contribution in [2.24, 2.45) is 5.92 Å². The molecule has 0 bridgehead atoms. The summed E-state index contributed by atoms with van der Waals surface area (Å²) >= 11 is 0. The average molecular weight is 582 g/mol. The third kappa shape index (κ3) is 8.47. The maximum absolute atomic E-state index is 14.0. The highest BCUT2D eigenvalue weighted by Gasteiger charge is 2.32. The molecule has 0 aliphatic heterocycles. The number of hydrogen-bond acceptors (Lipinski definition) is 6. The lowest BCUT2D eigenvalue weighted by molar-refractivity contribution is -0.139. The Morgan fingerprint density at radius 1 is 0.902 bits per heavy atom. The number of sulfonamides is 1. The third-order valence-corrected chi connectivity index (χ3v) is 8.17. The van der Waals surface area contributed by atoms with Gasteiger partial charge in [0.05, 0.1) is 24.3 Å². The molecule has 0 saturated heterocycles. The fourth-order valence-corrected chi connectivity index (χ4v) is 5.54. The van der Waals surface area contributed by atoms with Gasteiger partial charge in [-0.1, -0.05) is 44.2 Å². The lowest BCUT2D eigenvalue weighted by atomic mass is 10.1. The van der Waals surface area contributed by atoms with Gasteiger partial charge in [0.25, 0.3) is 10.0 Å². The van der Waals surface area contributed by atoms with E-state index in [-0.39, 0.29) is 23.3 Å². The van der Waals surface area contributed by atoms with Gasteiger partial charge in [-0.15, -0.1) is 0 Å². The number of rotatable bonds is 14. The standard InChI is InChI=1S/C31H39N3O6S/c1-6-40-27-15-17-29(18-16-27)41(37,38)34(26-12-8-7-9-13-26)22-30(35)33(24(4)31(36)32-20-23(2)3)21-25-11-10-14-28(19-25)39-5/h7-19,23-24H,6,20-22H2,1-5H3,(H,32,36)/t24-/m0/s1. The van der Waals surface area contributed by atoms with Crippen LogP contribution in [0.25, 0.3) is 0 Å². The Balaban J connectivity index is 1.99. The molecule has 3 aromatic rings. The van der Waals surface area contributed by atoms with Crippen molar-refractivity contribution < 1.29 is 27.5 Å². The average Bonchev–Trinajstić information content (AvgIpc) is 2.97. The van der Waals surface area contributed by atoms with Crippen LogP contribution in [0.3, 0.4) is 0 Å². The maximum atomic E-state index is 14.0. The number of amides is 2. The number of hydrogen-bond donors (Lipinski definition) is 1. The topological polar surface area (TPSA) is 105 Å². The Morgan fingerprint density at radius 3 is 2.20 bits per heavy atom. The fraction of sp³-hybridized carbons (Fsp3) is 0.355. The summed E-state index contributed by atoms with van der Waals surface area (Å²) in [4.78, 5) is 28.5. The maximum Gasteiger partial charge on any atom is 0.264 e. The summed E-state index contributed by atoms with van der Waals surface area (Å²) in [6.07, 6.45) is 0. The van der Waals surface area contributed by atoms with Gasteiger partial charge in [0, 0.05) is 13.1 Å². The molecule has 0 aliphatic carbocycles. The number of benzene rings is 3. The van der Waals surface area contributed by atoms with Crippen LogP contribution < -0.4 is 19.1 Å². The molecule has 1 N–H and O–H groups in total. The van der Waals surface area contributed by atoms with E-state index in [1.54, 1.807) is 74.7 Å². The molecule has 9 nitrogen and oxygen atoms in total. The van der Waals surface area contributed by atoms with Crippen molar-refractivity contribution in [2.45, 2.75) is 45.2 Å². The van der Waals surface area contributed by atoms with Gasteiger partial charge in [-0.2, -0.15) is 0 Å². The lowest BCUT2D eigenvalue weighted by Crippen LogP contribution is -2.51. The quantitative estimate of drug-likeness (QED) is 0.301. The van der Waals surface area contributed by atoms with E-state index in [4.69, 9.17) is 9.47 Å². The Hall–Kier alpha value is -4.05. The molecule has 41 heavy (non-hydrogen) atoms. The molecule has 0 aliphatic rings. The van der Waals surface area contributed by atoms with Crippen LogP contribution in [-0.4, -0.2) is 58.0 Å². The zero-order valence-electron chi connectivity index (χ0n) is 24.2. The van der Waals surface area contributed by atoms with Gasteiger partial charge in [-0.05, 0) is 73.9 Å². The van der Waals surface area contributed by atoms with Crippen molar-refractivity contribution in [3.63, 3.8) is 0 Å². The van der Waals surface area contributed by atoms with E-state index in [1.807, 2.05) is 26.8 Å². The first-order valence-corrected chi connectivity index (χ1v) is 15.0. The van der Waals surface area contributed by atoms with Crippen LogP contribution in [0.5, 0.6) is 11.5 Å². The van der Waals surface area contributed by atoms with E-state index in [2.05, 4.69) is 5.32 Å². The molecule has 2 amide bonds. The van der Waals surface area contributed by atoms with E-state index >= 15 is 0 Å². The molecular weight excluding hydrogens is 542 g/mol. The van der Waals surface area contributed by atoms with Gasteiger partial charge in [0.2, 0.25) is 11.8 Å². The molecule has 0 saturated carbocycles. The second-order valence-electron chi connectivity index (χ2n) is 9.94. The van der Waals surface area contributed by atoms with Crippen LogP contribution in [0.15, 0.2) is 83.8 Å². The predicted octanol–water partition coefficient (Wildman–Crippen LogP) is 4.48. The summed E-state index contributed by atoms with van der Waals surface area (Å²) in [5.41, 5.74) is 1.06. The van der Waals surface area contributed by atoms with Crippen molar-refractivity contribution in [1.29, 1.82) is 0 Å². The first-order valence-electron chi connectivity index (χ1n) is 13.6. The summed E-state index contributed by atoms with van der Waals surface area (Å²) < 4.78 is 39.7. The molecule has 0 unspecified atom stereocenters. The Labute approximate surface area is 243 Å². The van der Waals surface area contributed by atoms with E-state index in [0.717, 1.165) is 9.87 Å². The van der Waals surface area contributed by atoms with Crippen LogP contribution in [-0.2, 0) is 26.2 Å². The summed E-state index contributed by atoms with van der Waals surface area (Å²) in [5, 5.41) is 2.88. The lowest BCUT2D eigenvalue weighted by Gasteiger charge is -2.32. The van der Waals surface area contributed by atoms with Gasteiger partial charge in [-0.25, -0.2) is 8.42 Å². The zero-order valence-corrected chi connectivity index (χ0v) is 25.1. The van der Waals surface area contributed by atoms with Crippen LogP contribution in [0, 0.1) is 5.92 Å². The largest absolute Gasteiger partial charge is 0.497 e. The highest BCUT2D eigenvalue weighted by atomic mass is 32.2. The van der Waals surface area contributed by atoms with Crippen molar-refractivity contribution in [1.82, 2.24) is 10.2 Å². The Bertz CT molecular complexity index is 1390. The number of anilines is 1. The van der Waals surface area contributed by atoms with Crippen LogP contribution >= 0.6 is 0 Å². The van der Waals surface area contributed by atoms with Gasteiger partial charge in [0.1, 0.15) is 24.1 Å². The molecule has 220 valence electrons. The Kier molecular flexibility index (Phi) is 11.2. The molecule has 0 spiro atoms. The predicted molar refractivity (Wildman–Crippen MR) is 159 cm³/mol. The minimum atomic E-state index is -4.16. The zero-order chi connectivity index (χ0) is 30.0. The molecule has 3 aromatic carbocycles. The molecule has 10 heteroatoms. The molecular formula is C31H39N3O6S. The van der Waals surface area contributed by atoms with Crippen LogP contribution in [0.1, 0.15) is 33.3 Å². The summed E-state index contributed by atoms with van der Waals surface area (Å²) in [6, 6.07) is 20.8. The molecule has 3 rings (SSSR count). The van der Waals surface area contributed by atoms with Crippen molar-refractivity contribution in [3.05, 3.63) is 84.4 Å². The molecule has 0 radical (unpaired) electrons. The smallest absolute Gasteiger partial charge is 0.264 e. The van der Waals surface area contributed by atoms with Gasteiger partial charge in [0.15, 0.2) is 0 Å². The second-order valence-corrected chi connectivity index (χ2v) is 11.8. The van der Waals surface area contributed by atoms with Gasteiger partial charge in [-0.3, -0.25) is 13.9 Å². The normalized spacial score (nSPS) is 12.0. The van der Waals surface area contributed by atoms with E-state index in [9.17, 15) is 18.0 Å². The molecule has 0 fully saturated rings. The highest BCUT2D eigenvalue weighted by molar-refractivity contribution is 7.92. The highest BCUT2D eigenvalue weighted by Crippen LogP contribution is 2.26. The molecule has 0 heterocycles. The first-order chi connectivity index (χ1) is 19.6. The number of carbonyl (C=O) groups excluding carboxylic acids is 2. The van der Waals surface area contributed by atoms with Gasteiger partial charge < -0.3 is 19.7 Å². The molecule has 0 aromatic heterocycles. The number of carbonyl (C=O) groups is 2. The van der Waals surface area contributed by atoms with Crippen molar-refractivity contribution >= 4 is 27.5 Å². The van der Waals surface area contributed by atoms with E-state index in [0.29, 0.717) is 30.3 Å². The summed E-state index contributed by atoms with van der Waals surface area (Å²) in [7, 11) is -2.61. The molecule has 1 atom stereocenters. The monoisotopic (exact) mass is 581 g/mol. The van der Waals surface area contributed by atoms with E-state index in [1.165, 1.54) is 17.0 Å². The number of para-hydroxylation sites is 1.